The number of benzene rings is 1. The van der Waals surface area contributed by atoms with Crippen LogP contribution in [0, 0.1) is 0 Å². The maximum atomic E-state index is 12.6. The van der Waals surface area contributed by atoms with Crippen molar-refractivity contribution in [3.8, 4) is 0 Å². The second-order valence-electron chi connectivity index (χ2n) is 6.93. The summed E-state index contributed by atoms with van der Waals surface area (Å²) in [7, 11) is 1.30. The van der Waals surface area contributed by atoms with Gasteiger partial charge >= 0.3 is 18.1 Å². The van der Waals surface area contributed by atoms with Gasteiger partial charge in [0.2, 0.25) is 0 Å². The lowest BCUT2D eigenvalue weighted by Crippen LogP contribution is -2.52. The number of methoxy groups -OCH3 is 1. The van der Waals surface area contributed by atoms with Crippen molar-refractivity contribution in [1.29, 1.82) is 0 Å². The fourth-order valence-electron chi connectivity index (χ4n) is 3.56. The predicted molar refractivity (Wildman–Crippen MR) is 110 cm³/mol. The maximum absolute atomic E-state index is 12.6. The Labute approximate surface area is 179 Å². The number of esters is 1. The topological polar surface area (TPSA) is 100 Å². The number of urea groups is 1. The van der Waals surface area contributed by atoms with Crippen LogP contribution in [0.15, 0.2) is 35.5 Å². The lowest BCUT2D eigenvalue weighted by atomic mass is 9.95. The van der Waals surface area contributed by atoms with Gasteiger partial charge in [-0.2, -0.15) is 0 Å². The van der Waals surface area contributed by atoms with Crippen LogP contribution in [0.1, 0.15) is 18.5 Å². The van der Waals surface area contributed by atoms with E-state index in [1.54, 1.807) is 36.1 Å². The van der Waals surface area contributed by atoms with E-state index in [2.05, 4.69) is 15.5 Å². The fourth-order valence-corrected chi connectivity index (χ4v) is 3.76. The molecule has 1 atom stereocenters. The molecule has 10 heteroatoms. The highest BCUT2D eigenvalue weighted by Crippen LogP contribution is 2.29. The van der Waals surface area contributed by atoms with E-state index in [4.69, 9.17) is 21.1 Å². The van der Waals surface area contributed by atoms with Crippen molar-refractivity contribution in [2.24, 2.45) is 0 Å². The van der Waals surface area contributed by atoms with Crippen LogP contribution >= 0.6 is 11.6 Å². The highest BCUT2D eigenvalue weighted by atomic mass is 35.5. The van der Waals surface area contributed by atoms with Crippen LogP contribution in [-0.4, -0.2) is 74.3 Å². The zero-order valence-corrected chi connectivity index (χ0v) is 17.7. The van der Waals surface area contributed by atoms with Gasteiger partial charge in [0.15, 0.2) is 0 Å². The molecule has 0 spiro atoms. The quantitative estimate of drug-likeness (QED) is 0.684. The first kappa shape index (κ1) is 21.9. The van der Waals surface area contributed by atoms with E-state index in [9.17, 15) is 14.4 Å². The first-order valence-electron chi connectivity index (χ1n) is 9.71. The molecule has 0 saturated carbocycles. The Morgan fingerprint density at radius 2 is 1.97 bits per heavy atom. The summed E-state index contributed by atoms with van der Waals surface area (Å²) in [5.74, 6) is -0.535. The Bertz CT molecular complexity index is 851. The van der Waals surface area contributed by atoms with E-state index >= 15 is 0 Å². The van der Waals surface area contributed by atoms with E-state index in [0.717, 1.165) is 0 Å². The molecule has 0 bridgehead atoms. The number of ether oxygens (including phenoxy) is 2. The Hall–Kier alpha value is -2.78. The Morgan fingerprint density at radius 3 is 2.60 bits per heavy atom. The first-order chi connectivity index (χ1) is 14.4. The molecule has 2 N–H and O–H groups in total. The molecule has 3 amide bonds. The molecular weight excluding hydrogens is 412 g/mol. The average Bonchev–Trinajstić information content (AvgIpc) is 2.73. The third-order valence-electron chi connectivity index (χ3n) is 5.02. The number of rotatable bonds is 5. The minimum Gasteiger partial charge on any atom is -0.466 e. The van der Waals surface area contributed by atoms with Crippen molar-refractivity contribution in [3.63, 3.8) is 0 Å². The van der Waals surface area contributed by atoms with Gasteiger partial charge in [0.25, 0.3) is 0 Å². The summed E-state index contributed by atoms with van der Waals surface area (Å²) in [6.45, 7) is 4.62. The van der Waals surface area contributed by atoms with Crippen LogP contribution in [-0.2, 0) is 14.3 Å². The summed E-state index contributed by atoms with van der Waals surface area (Å²) in [6, 6.07) is 5.89. The summed E-state index contributed by atoms with van der Waals surface area (Å²) in [5, 5.41) is 6.02. The minimum absolute atomic E-state index is 0.326. The van der Waals surface area contributed by atoms with Crippen LogP contribution in [0.2, 0.25) is 5.02 Å². The summed E-state index contributed by atoms with van der Waals surface area (Å²) in [4.78, 5) is 40.5. The molecule has 0 unspecified atom stereocenters. The number of nitrogens with one attached hydrogen (secondary N) is 2. The van der Waals surface area contributed by atoms with E-state index in [-0.39, 0.29) is 6.09 Å². The van der Waals surface area contributed by atoms with Gasteiger partial charge < -0.3 is 25.0 Å². The second-order valence-corrected chi connectivity index (χ2v) is 7.37. The number of hydrogen-bond donors (Lipinski definition) is 2. The SMILES string of the molecule is CCOC(=O)N1CCN(CC2=C(C(=O)OC)[C@@H](c3cccc(Cl)c3)NC(=O)N2)CC1. The lowest BCUT2D eigenvalue weighted by molar-refractivity contribution is -0.136. The van der Waals surface area contributed by atoms with E-state index in [0.29, 0.717) is 61.2 Å². The van der Waals surface area contributed by atoms with Gasteiger partial charge in [0, 0.05) is 43.4 Å². The molecule has 0 aromatic heterocycles. The third-order valence-corrected chi connectivity index (χ3v) is 5.26. The van der Waals surface area contributed by atoms with Crippen LogP contribution in [0.3, 0.4) is 0 Å². The fraction of sp³-hybridized carbons (Fsp3) is 0.450. The van der Waals surface area contributed by atoms with Gasteiger partial charge in [0.05, 0.1) is 25.3 Å². The van der Waals surface area contributed by atoms with Crippen molar-refractivity contribution in [2.45, 2.75) is 13.0 Å². The molecular formula is C20H25ClN4O5. The third kappa shape index (κ3) is 5.03. The van der Waals surface area contributed by atoms with Gasteiger partial charge in [0.1, 0.15) is 0 Å². The molecule has 2 aliphatic rings. The largest absolute Gasteiger partial charge is 0.466 e. The highest BCUT2D eigenvalue weighted by Gasteiger charge is 2.34. The number of carbonyl (C=O) groups excluding carboxylic acids is 3. The van der Waals surface area contributed by atoms with Crippen molar-refractivity contribution in [3.05, 3.63) is 46.1 Å². The van der Waals surface area contributed by atoms with Crippen LogP contribution < -0.4 is 10.6 Å². The standard InChI is InChI=1S/C20H25ClN4O5/c1-3-30-20(28)25-9-7-24(8-10-25)12-15-16(18(26)29-2)17(23-19(27)22-15)13-5-4-6-14(21)11-13/h4-6,11,17H,3,7-10,12H2,1-2H3,(H2,22,23,27)/t17-/m1/s1. The summed E-state index contributed by atoms with van der Waals surface area (Å²) < 4.78 is 10.0. The highest BCUT2D eigenvalue weighted by molar-refractivity contribution is 6.30. The molecule has 162 valence electrons. The number of amides is 3. The number of carbonyl (C=O) groups is 3. The Kier molecular flexibility index (Phi) is 7.17. The molecule has 30 heavy (non-hydrogen) atoms. The molecule has 2 heterocycles. The van der Waals surface area contributed by atoms with Crippen molar-refractivity contribution in [1.82, 2.24) is 20.4 Å². The van der Waals surface area contributed by atoms with Gasteiger partial charge in [-0.05, 0) is 24.6 Å². The Balaban J connectivity index is 1.82. The molecule has 9 nitrogen and oxygen atoms in total. The van der Waals surface area contributed by atoms with Gasteiger partial charge in [-0.15, -0.1) is 0 Å². The minimum atomic E-state index is -0.680. The molecule has 1 fully saturated rings. The molecule has 2 aliphatic heterocycles. The number of nitrogens with zero attached hydrogens (tertiary/aromatic N) is 2. The van der Waals surface area contributed by atoms with Gasteiger partial charge in [-0.1, -0.05) is 23.7 Å². The van der Waals surface area contributed by atoms with Gasteiger partial charge in [-0.3, -0.25) is 4.90 Å². The lowest BCUT2D eigenvalue weighted by Gasteiger charge is -2.36. The summed E-state index contributed by atoms with van der Waals surface area (Å²) in [5.41, 5.74) is 1.48. The summed E-state index contributed by atoms with van der Waals surface area (Å²) in [6.07, 6.45) is -0.331. The molecule has 1 aromatic carbocycles. The molecule has 0 radical (unpaired) electrons. The first-order valence-corrected chi connectivity index (χ1v) is 10.1. The zero-order chi connectivity index (χ0) is 21.7. The zero-order valence-electron chi connectivity index (χ0n) is 16.9. The van der Waals surface area contributed by atoms with Crippen molar-refractivity contribution >= 4 is 29.7 Å². The van der Waals surface area contributed by atoms with Crippen LogP contribution in [0.4, 0.5) is 9.59 Å². The smallest absolute Gasteiger partial charge is 0.409 e. The van der Waals surface area contributed by atoms with Gasteiger partial charge in [-0.25, -0.2) is 14.4 Å². The van der Waals surface area contributed by atoms with E-state index in [1.807, 2.05) is 0 Å². The van der Waals surface area contributed by atoms with Crippen LogP contribution in [0.5, 0.6) is 0 Å². The maximum Gasteiger partial charge on any atom is 0.409 e. The normalized spacial score (nSPS) is 19.8. The predicted octanol–water partition coefficient (Wildman–Crippen LogP) is 1.90. The molecule has 3 rings (SSSR count). The van der Waals surface area contributed by atoms with E-state index in [1.165, 1.54) is 7.11 Å². The number of halogens is 1. The Morgan fingerprint density at radius 1 is 1.23 bits per heavy atom. The van der Waals surface area contributed by atoms with Crippen molar-refractivity contribution < 1.29 is 23.9 Å². The van der Waals surface area contributed by atoms with E-state index < -0.39 is 18.0 Å². The monoisotopic (exact) mass is 436 g/mol. The second kappa shape index (κ2) is 9.82. The number of hydrogen-bond acceptors (Lipinski definition) is 6. The molecule has 1 aromatic rings. The number of piperazine rings is 1. The molecule has 0 aliphatic carbocycles. The van der Waals surface area contributed by atoms with Crippen molar-refractivity contribution in [2.75, 3.05) is 46.4 Å². The molecule has 1 saturated heterocycles. The summed E-state index contributed by atoms with van der Waals surface area (Å²) >= 11 is 6.10. The van der Waals surface area contributed by atoms with Crippen LogP contribution in [0.25, 0.3) is 0 Å². The average molecular weight is 437 g/mol.